The van der Waals surface area contributed by atoms with Gasteiger partial charge in [-0.2, -0.15) is 5.26 Å². The number of nitrogens with zero attached hydrogens (tertiary/aromatic N) is 4. The molecule has 0 amide bonds. The molecule has 2 aromatic rings. The van der Waals surface area contributed by atoms with Gasteiger partial charge in [-0.05, 0) is 18.6 Å². The first kappa shape index (κ1) is 13.0. The highest BCUT2D eigenvalue weighted by Crippen LogP contribution is 2.19. The molecule has 2 rings (SSSR count). The van der Waals surface area contributed by atoms with E-state index in [0.29, 0.717) is 12.0 Å². The van der Waals surface area contributed by atoms with Gasteiger partial charge < -0.3 is 9.36 Å². The summed E-state index contributed by atoms with van der Waals surface area (Å²) in [7, 11) is 1.89. The maximum absolute atomic E-state index is 10.3. The van der Waals surface area contributed by atoms with Crippen LogP contribution in [0, 0.1) is 11.3 Å². The van der Waals surface area contributed by atoms with Crippen molar-refractivity contribution in [2.75, 3.05) is 0 Å². The summed E-state index contributed by atoms with van der Waals surface area (Å²) in [6.45, 7) is 0. The third kappa shape index (κ3) is 2.86. The highest BCUT2D eigenvalue weighted by atomic mass is 16.1. The summed E-state index contributed by atoms with van der Waals surface area (Å²) in [5, 5.41) is 17.2. The summed E-state index contributed by atoms with van der Waals surface area (Å²) in [5.74, 6) is 1.58. The van der Waals surface area contributed by atoms with Crippen molar-refractivity contribution in [3.05, 3.63) is 35.7 Å². The summed E-state index contributed by atoms with van der Waals surface area (Å²) in [6, 6.07) is 9.39. The second-order valence-electron chi connectivity index (χ2n) is 4.25. The lowest BCUT2D eigenvalue weighted by molar-refractivity contribution is -0.107. The molecule has 0 atom stereocenters. The van der Waals surface area contributed by atoms with Crippen molar-refractivity contribution in [1.29, 1.82) is 5.26 Å². The Hall–Kier alpha value is -2.48. The van der Waals surface area contributed by atoms with Crippen molar-refractivity contribution in [1.82, 2.24) is 14.8 Å². The molecule has 1 heterocycles. The molecule has 0 saturated carbocycles. The smallest absolute Gasteiger partial charge is 0.163 e. The molecule has 96 valence electrons. The molecule has 5 nitrogen and oxygen atoms in total. The molecule has 1 aromatic carbocycles. The molecule has 5 heteroatoms. The molecule has 0 aliphatic carbocycles. The first-order valence-electron chi connectivity index (χ1n) is 6.08. The second kappa shape index (κ2) is 5.91. The van der Waals surface area contributed by atoms with Crippen molar-refractivity contribution < 1.29 is 4.79 Å². The molecule has 0 radical (unpaired) electrons. The van der Waals surface area contributed by atoms with E-state index in [2.05, 4.69) is 16.3 Å². The number of carbonyl (C=O) groups excluding carboxylic acids is 1. The largest absolute Gasteiger partial charge is 0.314 e. The van der Waals surface area contributed by atoms with Crippen molar-refractivity contribution >= 4 is 6.29 Å². The number of aromatic nitrogens is 3. The predicted octanol–water partition coefficient (Wildman–Crippen LogP) is 1.88. The van der Waals surface area contributed by atoms with E-state index in [0.717, 1.165) is 36.3 Å². The summed E-state index contributed by atoms with van der Waals surface area (Å²) in [4.78, 5) is 10.3. The number of benzene rings is 1. The maximum Gasteiger partial charge on any atom is 0.163 e. The lowest BCUT2D eigenvalue weighted by Crippen LogP contribution is -2.00. The number of nitriles is 1. The average molecular weight is 254 g/mol. The van der Waals surface area contributed by atoms with E-state index in [1.165, 1.54) is 0 Å². The standard InChI is InChI=1S/C14H14N4O/c1-18-13(7-2-3-8-19)16-17-14(18)12-6-4-5-11(9-12)10-15/h4-6,8-9H,2-3,7H2,1H3. The molecular formula is C14H14N4O. The summed E-state index contributed by atoms with van der Waals surface area (Å²) in [6.07, 6.45) is 2.94. The highest BCUT2D eigenvalue weighted by molar-refractivity contribution is 5.58. The number of aldehydes is 1. The Kier molecular flexibility index (Phi) is 4.04. The summed E-state index contributed by atoms with van der Waals surface area (Å²) >= 11 is 0. The maximum atomic E-state index is 10.3. The highest BCUT2D eigenvalue weighted by Gasteiger charge is 2.10. The van der Waals surface area contributed by atoms with Crippen molar-refractivity contribution in [3.63, 3.8) is 0 Å². The van der Waals surface area contributed by atoms with Crippen LogP contribution in [0.25, 0.3) is 11.4 Å². The number of aryl methyl sites for hydroxylation is 1. The van der Waals surface area contributed by atoms with Gasteiger partial charge in [-0.1, -0.05) is 12.1 Å². The van der Waals surface area contributed by atoms with Crippen LogP contribution in [0.3, 0.4) is 0 Å². The lowest BCUT2D eigenvalue weighted by Gasteiger charge is -2.03. The minimum Gasteiger partial charge on any atom is -0.314 e. The second-order valence-corrected chi connectivity index (χ2v) is 4.25. The average Bonchev–Trinajstić information content (AvgIpc) is 2.81. The van der Waals surface area contributed by atoms with Crippen molar-refractivity contribution in [2.45, 2.75) is 19.3 Å². The fourth-order valence-corrected chi connectivity index (χ4v) is 1.90. The van der Waals surface area contributed by atoms with Gasteiger partial charge in [-0.25, -0.2) is 0 Å². The van der Waals surface area contributed by atoms with E-state index >= 15 is 0 Å². The molecule has 0 fully saturated rings. The molecule has 19 heavy (non-hydrogen) atoms. The van der Waals surface area contributed by atoms with E-state index in [1.807, 2.05) is 23.7 Å². The third-order valence-corrected chi connectivity index (χ3v) is 2.94. The zero-order valence-electron chi connectivity index (χ0n) is 10.7. The quantitative estimate of drug-likeness (QED) is 0.603. The van der Waals surface area contributed by atoms with E-state index in [4.69, 9.17) is 5.26 Å². The zero-order chi connectivity index (χ0) is 13.7. The molecule has 0 aliphatic heterocycles. The van der Waals surface area contributed by atoms with Gasteiger partial charge in [0.1, 0.15) is 12.1 Å². The molecule has 0 unspecified atom stereocenters. The Bertz CT molecular complexity index is 625. The molecule has 0 N–H and O–H groups in total. The number of carbonyl (C=O) groups is 1. The zero-order valence-corrected chi connectivity index (χ0v) is 10.7. The number of hydrogen-bond acceptors (Lipinski definition) is 4. The van der Waals surface area contributed by atoms with Crippen LogP contribution in [0.4, 0.5) is 0 Å². The minimum atomic E-state index is 0.534. The van der Waals surface area contributed by atoms with Gasteiger partial charge in [-0.3, -0.25) is 0 Å². The fraction of sp³-hybridized carbons (Fsp3) is 0.286. The van der Waals surface area contributed by atoms with Crippen LogP contribution < -0.4 is 0 Å². The van der Waals surface area contributed by atoms with Gasteiger partial charge in [0.2, 0.25) is 0 Å². The molecule has 1 aromatic heterocycles. The monoisotopic (exact) mass is 254 g/mol. The van der Waals surface area contributed by atoms with Crippen LogP contribution in [0.1, 0.15) is 24.2 Å². The van der Waals surface area contributed by atoms with E-state index < -0.39 is 0 Å². The van der Waals surface area contributed by atoms with Crippen LogP contribution >= 0.6 is 0 Å². The van der Waals surface area contributed by atoms with Gasteiger partial charge in [0.15, 0.2) is 5.82 Å². The number of unbranched alkanes of at least 4 members (excludes halogenated alkanes) is 1. The summed E-state index contributed by atoms with van der Waals surface area (Å²) in [5.41, 5.74) is 1.47. The van der Waals surface area contributed by atoms with Gasteiger partial charge in [0.05, 0.1) is 11.6 Å². The Morgan fingerprint density at radius 2 is 2.26 bits per heavy atom. The number of hydrogen-bond donors (Lipinski definition) is 0. The molecule has 0 saturated heterocycles. The van der Waals surface area contributed by atoms with Gasteiger partial charge in [0, 0.05) is 25.5 Å². The number of rotatable bonds is 5. The lowest BCUT2D eigenvalue weighted by atomic mass is 10.1. The van der Waals surface area contributed by atoms with Crippen LogP contribution in [0.2, 0.25) is 0 Å². The first-order valence-corrected chi connectivity index (χ1v) is 6.08. The topological polar surface area (TPSA) is 71.6 Å². The van der Waals surface area contributed by atoms with E-state index in [1.54, 1.807) is 12.1 Å². The Labute approximate surface area is 111 Å². The predicted molar refractivity (Wildman–Crippen MR) is 70.2 cm³/mol. The van der Waals surface area contributed by atoms with Gasteiger partial charge in [-0.15, -0.1) is 10.2 Å². The SMILES string of the molecule is Cn1c(CCCC=O)nnc1-c1cccc(C#N)c1. The molecule has 0 spiro atoms. The normalized spacial score (nSPS) is 10.1. The Morgan fingerprint density at radius 3 is 3.00 bits per heavy atom. The van der Waals surface area contributed by atoms with E-state index in [9.17, 15) is 4.79 Å². The van der Waals surface area contributed by atoms with Gasteiger partial charge >= 0.3 is 0 Å². The van der Waals surface area contributed by atoms with Crippen LogP contribution in [-0.2, 0) is 18.3 Å². The van der Waals surface area contributed by atoms with Crippen molar-refractivity contribution in [2.24, 2.45) is 7.05 Å². The molecule has 0 bridgehead atoms. The minimum absolute atomic E-state index is 0.534. The first-order chi connectivity index (χ1) is 9.26. The van der Waals surface area contributed by atoms with Crippen LogP contribution in [-0.4, -0.2) is 21.1 Å². The Morgan fingerprint density at radius 1 is 1.42 bits per heavy atom. The fourth-order valence-electron chi connectivity index (χ4n) is 1.90. The summed E-state index contributed by atoms with van der Waals surface area (Å²) < 4.78 is 1.90. The Balaban J connectivity index is 2.26. The van der Waals surface area contributed by atoms with Crippen LogP contribution in [0.5, 0.6) is 0 Å². The van der Waals surface area contributed by atoms with E-state index in [-0.39, 0.29) is 0 Å². The third-order valence-electron chi connectivity index (χ3n) is 2.94. The van der Waals surface area contributed by atoms with Crippen LogP contribution in [0.15, 0.2) is 24.3 Å². The van der Waals surface area contributed by atoms with Gasteiger partial charge in [0.25, 0.3) is 0 Å². The van der Waals surface area contributed by atoms with Crippen molar-refractivity contribution in [3.8, 4) is 17.5 Å². The molecule has 0 aliphatic rings. The molecular weight excluding hydrogens is 240 g/mol.